The van der Waals surface area contributed by atoms with Gasteiger partial charge in [-0.2, -0.15) is 0 Å². The van der Waals surface area contributed by atoms with Crippen molar-refractivity contribution in [2.45, 2.75) is 56.2 Å². The Labute approximate surface area is 182 Å². The van der Waals surface area contributed by atoms with E-state index in [9.17, 15) is 4.21 Å². The number of aliphatic imine (C=N–C) groups is 1. The molecule has 0 aromatic heterocycles. The van der Waals surface area contributed by atoms with Crippen molar-refractivity contribution in [1.29, 1.82) is 0 Å². The van der Waals surface area contributed by atoms with Gasteiger partial charge >= 0.3 is 0 Å². The Morgan fingerprint density at radius 3 is 2.89 bits per heavy atom. The van der Waals surface area contributed by atoms with Gasteiger partial charge in [-0.05, 0) is 37.3 Å². The lowest BCUT2D eigenvalue weighted by Crippen LogP contribution is -2.47. The van der Waals surface area contributed by atoms with Gasteiger partial charge in [-0.1, -0.05) is 31.5 Å². The van der Waals surface area contributed by atoms with E-state index < -0.39 is 10.8 Å². The Balaban J connectivity index is 0.00000261. The van der Waals surface area contributed by atoms with Crippen LogP contribution in [0.5, 0.6) is 5.75 Å². The Morgan fingerprint density at radius 1 is 1.30 bits per heavy atom. The second kappa shape index (κ2) is 11.2. The summed E-state index contributed by atoms with van der Waals surface area (Å²) in [6.45, 7) is 3.62. The lowest BCUT2D eigenvalue weighted by molar-refractivity contribution is 0.267. The highest BCUT2D eigenvalue weighted by Gasteiger charge is 2.26. The van der Waals surface area contributed by atoms with Gasteiger partial charge in [0.2, 0.25) is 0 Å². The van der Waals surface area contributed by atoms with Crippen LogP contribution in [-0.4, -0.2) is 47.4 Å². The molecule has 1 fully saturated rings. The largest absolute Gasteiger partial charge is 0.493 e. The van der Waals surface area contributed by atoms with E-state index in [2.05, 4.69) is 27.8 Å². The highest BCUT2D eigenvalue weighted by Crippen LogP contribution is 2.32. The minimum absolute atomic E-state index is 0. The molecule has 1 aromatic rings. The fraction of sp³-hybridized carbons (Fsp3) is 0.650. The molecular weight excluding hydrogens is 473 g/mol. The predicted molar refractivity (Wildman–Crippen MR) is 124 cm³/mol. The molecule has 1 saturated carbocycles. The number of hydrogen-bond acceptors (Lipinski definition) is 3. The van der Waals surface area contributed by atoms with Crippen molar-refractivity contribution in [3.63, 3.8) is 0 Å². The molecule has 3 rings (SSSR count). The van der Waals surface area contributed by atoms with Crippen LogP contribution in [-0.2, 0) is 10.8 Å². The average Bonchev–Trinajstić information content (AvgIpc) is 2.70. The summed E-state index contributed by atoms with van der Waals surface area (Å²) >= 11 is 0. The number of guanidine groups is 1. The third-order valence-electron chi connectivity index (χ3n) is 5.45. The number of benzene rings is 1. The quantitative estimate of drug-likeness (QED) is 0.366. The number of fused-ring (bicyclic) bond motifs is 1. The molecular formula is C20H32IN3O2S. The van der Waals surface area contributed by atoms with Gasteiger partial charge in [-0.25, -0.2) is 0 Å². The molecule has 0 radical (unpaired) electrons. The normalized spacial score (nSPS) is 26.1. The molecule has 0 spiro atoms. The van der Waals surface area contributed by atoms with Crippen molar-refractivity contribution >= 4 is 40.7 Å². The summed E-state index contributed by atoms with van der Waals surface area (Å²) in [5.41, 5.74) is 1.28. The Morgan fingerprint density at radius 2 is 2.11 bits per heavy atom. The lowest BCUT2D eigenvalue weighted by Gasteiger charge is -2.31. The van der Waals surface area contributed by atoms with E-state index in [-0.39, 0.29) is 24.0 Å². The third kappa shape index (κ3) is 6.07. The number of hydrogen-bond donors (Lipinski definition) is 2. The smallest absolute Gasteiger partial charge is 0.191 e. The first-order valence-electron chi connectivity index (χ1n) is 9.77. The van der Waals surface area contributed by atoms with E-state index in [1.54, 1.807) is 0 Å². The van der Waals surface area contributed by atoms with Crippen LogP contribution in [0.15, 0.2) is 29.3 Å². The molecule has 4 atom stereocenters. The van der Waals surface area contributed by atoms with Gasteiger partial charge in [-0.15, -0.1) is 24.0 Å². The van der Waals surface area contributed by atoms with Crippen molar-refractivity contribution in [3.8, 4) is 5.75 Å². The minimum atomic E-state index is -0.698. The van der Waals surface area contributed by atoms with Gasteiger partial charge in [-0.3, -0.25) is 9.20 Å². The summed E-state index contributed by atoms with van der Waals surface area (Å²) in [4.78, 5) is 4.40. The van der Waals surface area contributed by atoms with Crippen molar-refractivity contribution in [1.82, 2.24) is 10.6 Å². The zero-order valence-electron chi connectivity index (χ0n) is 16.3. The van der Waals surface area contributed by atoms with Crippen LogP contribution in [0.2, 0.25) is 0 Å². The summed E-state index contributed by atoms with van der Waals surface area (Å²) in [6, 6.07) is 8.66. The van der Waals surface area contributed by atoms with Crippen molar-refractivity contribution in [3.05, 3.63) is 29.8 Å². The Hall–Kier alpha value is -0.830. The molecule has 0 amide bonds. The van der Waals surface area contributed by atoms with Crippen LogP contribution in [0.1, 0.15) is 50.5 Å². The fourth-order valence-electron chi connectivity index (χ4n) is 3.99. The number of rotatable bonds is 5. The summed E-state index contributed by atoms with van der Waals surface area (Å²) in [6.07, 6.45) is 5.34. The molecule has 0 saturated heterocycles. The van der Waals surface area contributed by atoms with Crippen LogP contribution >= 0.6 is 24.0 Å². The number of nitrogens with one attached hydrogen (secondary N) is 2. The van der Waals surface area contributed by atoms with E-state index in [1.807, 2.05) is 26.1 Å². The SMILES string of the molecule is CCS(=O)C1CCCC(NC(=NC)NCC2CCOc3ccccc32)C1.I. The first-order valence-corrected chi connectivity index (χ1v) is 11.2. The van der Waals surface area contributed by atoms with E-state index in [4.69, 9.17) is 4.74 Å². The van der Waals surface area contributed by atoms with Crippen LogP contribution < -0.4 is 15.4 Å². The van der Waals surface area contributed by atoms with Crippen LogP contribution in [0.25, 0.3) is 0 Å². The highest BCUT2D eigenvalue weighted by molar-refractivity contribution is 14.0. The molecule has 2 aliphatic rings. The summed E-state index contributed by atoms with van der Waals surface area (Å²) < 4.78 is 17.9. The van der Waals surface area contributed by atoms with Gasteiger partial charge < -0.3 is 15.4 Å². The maximum Gasteiger partial charge on any atom is 0.191 e. The van der Waals surface area contributed by atoms with Gasteiger partial charge in [0, 0.05) is 47.4 Å². The molecule has 0 bridgehead atoms. The van der Waals surface area contributed by atoms with Gasteiger partial charge in [0.25, 0.3) is 0 Å². The van der Waals surface area contributed by atoms with Crippen molar-refractivity contribution in [2.75, 3.05) is 26.0 Å². The zero-order chi connectivity index (χ0) is 18.4. The average molecular weight is 505 g/mol. The van der Waals surface area contributed by atoms with E-state index in [0.29, 0.717) is 17.2 Å². The topological polar surface area (TPSA) is 62.7 Å². The third-order valence-corrected chi connectivity index (χ3v) is 7.19. The molecule has 1 heterocycles. The molecule has 7 heteroatoms. The first-order chi connectivity index (χ1) is 12.7. The molecule has 1 aromatic carbocycles. The number of ether oxygens (including phenoxy) is 1. The molecule has 1 aliphatic heterocycles. The maximum atomic E-state index is 12.1. The second-order valence-corrected chi connectivity index (χ2v) is 9.13. The van der Waals surface area contributed by atoms with Crippen LogP contribution in [0, 0.1) is 0 Å². The standard InChI is InChI=1S/C20H31N3O2S.HI/c1-3-26(24)17-8-6-7-16(13-17)23-20(21-2)22-14-15-11-12-25-19-10-5-4-9-18(15)19;/h4-5,9-10,15-17H,3,6-8,11-14H2,1-2H3,(H2,21,22,23);1H. The molecule has 152 valence electrons. The number of para-hydroxylation sites is 1. The molecule has 4 unspecified atom stereocenters. The van der Waals surface area contributed by atoms with E-state index in [1.165, 1.54) is 5.56 Å². The van der Waals surface area contributed by atoms with Gasteiger partial charge in [0.05, 0.1) is 6.61 Å². The van der Waals surface area contributed by atoms with E-state index in [0.717, 1.165) is 62.7 Å². The highest BCUT2D eigenvalue weighted by atomic mass is 127. The van der Waals surface area contributed by atoms with E-state index >= 15 is 0 Å². The Kier molecular flexibility index (Phi) is 9.35. The monoisotopic (exact) mass is 505 g/mol. The van der Waals surface area contributed by atoms with Gasteiger partial charge in [0.15, 0.2) is 5.96 Å². The van der Waals surface area contributed by atoms with Crippen molar-refractivity contribution < 1.29 is 8.95 Å². The summed E-state index contributed by atoms with van der Waals surface area (Å²) in [7, 11) is 1.12. The molecule has 2 N–H and O–H groups in total. The van der Waals surface area contributed by atoms with Crippen molar-refractivity contribution in [2.24, 2.45) is 4.99 Å². The first kappa shape index (κ1) is 22.5. The molecule has 27 heavy (non-hydrogen) atoms. The minimum Gasteiger partial charge on any atom is -0.493 e. The fourth-order valence-corrected chi connectivity index (χ4v) is 5.33. The number of nitrogens with zero attached hydrogens (tertiary/aromatic N) is 1. The molecule has 5 nitrogen and oxygen atoms in total. The predicted octanol–water partition coefficient (Wildman–Crippen LogP) is 3.42. The van der Waals surface area contributed by atoms with Gasteiger partial charge in [0.1, 0.15) is 5.75 Å². The number of halogens is 1. The lowest BCUT2D eigenvalue weighted by atomic mass is 9.93. The van der Waals surface area contributed by atoms with Crippen LogP contribution in [0.3, 0.4) is 0 Å². The Bertz CT molecular complexity index is 656. The maximum absolute atomic E-state index is 12.1. The summed E-state index contributed by atoms with van der Waals surface area (Å²) in [5, 5.41) is 7.37. The summed E-state index contributed by atoms with van der Waals surface area (Å²) in [5.74, 6) is 3.05. The zero-order valence-corrected chi connectivity index (χ0v) is 19.4. The second-order valence-electron chi connectivity index (χ2n) is 7.12. The molecule has 1 aliphatic carbocycles. The van der Waals surface area contributed by atoms with Crippen LogP contribution in [0.4, 0.5) is 0 Å².